The fourth-order valence-electron chi connectivity index (χ4n) is 4.34. The number of fused-ring (bicyclic) bond motifs is 4. The maximum absolute atomic E-state index is 12.6. The van der Waals surface area contributed by atoms with Crippen molar-refractivity contribution in [3.63, 3.8) is 0 Å². The average molecular weight is 515 g/mol. The van der Waals surface area contributed by atoms with Crippen LogP contribution in [-0.4, -0.2) is 21.2 Å². The molecule has 1 saturated carbocycles. The van der Waals surface area contributed by atoms with E-state index in [1.165, 1.54) is 16.2 Å². The fraction of sp³-hybridized carbons (Fsp3) is 0.148. The molecule has 2 N–H and O–H groups in total. The van der Waals surface area contributed by atoms with Crippen LogP contribution in [-0.2, 0) is 11.3 Å². The molecule has 4 aromatic rings. The summed E-state index contributed by atoms with van der Waals surface area (Å²) in [6.07, 6.45) is 5.13. The van der Waals surface area contributed by atoms with Crippen LogP contribution in [0.4, 0.5) is 10.5 Å². The standard InChI is InChI=1S/C27H18N2O5S2/c30-25-27(10-11-27)21-14-17-13-18(35-24(17)34-36(21)25)8-9-20-22(19-7-4-12-28-23(19)33-20)29-26(31)32-15-16-5-2-1-3-6-16/h1-7,12-14,30H,10-11,15H2,(H,29,31). The Morgan fingerprint density at radius 1 is 1.22 bits per heavy atom. The number of carbonyl (C=O) groups is 1. The molecule has 1 aromatic carbocycles. The number of ether oxygens (including phenoxy) is 1. The minimum Gasteiger partial charge on any atom is -0.444 e. The molecule has 1 spiro atoms. The van der Waals surface area contributed by atoms with Crippen molar-refractivity contribution >= 4 is 56.1 Å². The van der Waals surface area contributed by atoms with Gasteiger partial charge in [-0.25, -0.2) is 9.78 Å². The summed E-state index contributed by atoms with van der Waals surface area (Å²) in [5.74, 6) is 6.45. The molecule has 36 heavy (non-hydrogen) atoms. The van der Waals surface area contributed by atoms with Gasteiger partial charge in [0.25, 0.3) is 0 Å². The number of aliphatic hydroxyl groups is 1. The van der Waals surface area contributed by atoms with Crippen LogP contribution in [0.3, 0.4) is 0 Å². The van der Waals surface area contributed by atoms with Gasteiger partial charge in [0.1, 0.15) is 17.3 Å². The van der Waals surface area contributed by atoms with Crippen LogP contribution < -0.4 is 9.50 Å². The number of hydrogen-bond acceptors (Lipinski definition) is 6. The quantitative estimate of drug-likeness (QED) is 0.242. The van der Waals surface area contributed by atoms with E-state index in [1.807, 2.05) is 36.4 Å². The van der Waals surface area contributed by atoms with Gasteiger partial charge in [-0.1, -0.05) is 41.7 Å². The molecule has 5 heterocycles. The van der Waals surface area contributed by atoms with Crippen molar-refractivity contribution in [3.8, 4) is 16.9 Å². The lowest BCUT2D eigenvalue weighted by Crippen LogP contribution is -2.30. The first-order chi connectivity index (χ1) is 17.6. The molecule has 2 aliphatic heterocycles. The molecule has 3 aliphatic rings. The van der Waals surface area contributed by atoms with Crippen molar-refractivity contribution in [2.75, 3.05) is 5.32 Å². The summed E-state index contributed by atoms with van der Waals surface area (Å²) < 4.78 is 17.3. The minimum atomic E-state index is -0.624. The highest BCUT2D eigenvalue weighted by Gasteiger charge is 2.60. The van der Waals surface area contributed by atoms with Crippen LogP contribution in [0.25, 0.3) is 17.2 Å². The molecule has 7 rings (SSSR count). The van der Waals surface area contributed by atoms with Crippen LogP contribution in [0.15, 0.2) is 64.1 Å². The zero-order chi connectivity index (χ0) is 24.3. The summed E-state index contributed by atoms with van der Waals surface area (Å²) in [4.78, 5) is 18.8. The van der Waals surface area contributed by atoms with Crippen LogP contribution in [0.1, 0.15) is 34.6 Å². The van der Waals surface area contributed by atoms with Gasteiger partial charge in [-0.3, -0.25) is 5.32 Å². The Bertz CT molecular complexity index is 1680. The number of hydrogen-bond donors (Lipinski definition) is 2. The number of nitrogens with zero attached hydrogens (tertiary/aromatic N) is 1. The van der Waals surface area contributed by atoms with Gasteiger partial charge in [0, 0.05) is 16.7 Å². The Morgan fingerprint density at radius 2 is 2.08 bits per heavy atom. The van der Waals surface area contributed by atoms with E-state index < -0.39 is 16.9 Å². The monoisotopic (exact) mass is 514 g/mol. The number of anilines is 1. The lowest BCUT2D eigenvalue weighted by molar-refractivity contribution is 0.155. The molecule has 9 heteroatoms. The second-order valence-corrected chi connectivity index (χ2v) is 11.2. The minimum absolute atomic E-state index is 0.119. The number of aromatic nitrogens is 1. The second-order valence-electron chi connectivity index (χ2n) is 8.70. The number of pyridine rings is 1. The number of benzene rings is 1. The number of furan rings is 1. The van der Waals surface area contributed by atoms with Crippen LogP contribution in [0.5, 0.6) is 5.06 Å². The van der Waals surface area contributed by atoms with Gasteiger partial charge in [0.15, 0.2) is 5.06 Å². The summed E-state index contributed by atoms with van der Waals surface area (Å²) in [6, 6.07) is 15.0. The summed E-state index contributed by atoms with van der Waals surface area (Å²) in [6.45, 7) is 0.147. The summed E-state index contributed by atoms with van der Waals surface area (Å²) >= 11 is 1.42. The molecule has 0 saturated heterocycles. The van der Waals surface area contributed by atoms with Gasteiger partial charge in [-0.15, -0.1) is 0 Å². The molecule has 1 fully saturated rings. The molecule has 1 aliphatic carbocycles. The van der Waals surface area contributed by atoms with Gasteiger partial charge >= 0.3 is 6.09 Å². The smallest absolute Gasteiger partial charge is 0.412 e. The topological polar surface area (TPSA) is 93.8 Å². The van der Waals surface area contributed by atoms with Crippen molar-refractivity contribution in [2.45, 2.75) is 19.4 Å². The molecule has 0 radical (unpaired) electrons. The molecule has 7 nitrogen and oxygen atoms in total. The molecule has 0 bridgehead atoms. The molecule has 178 valence electrons. The maximum atomic E-state index is 12.6. The zero-order valence-electron chi connectivity index (χ0n) is 18.7. The largest absolute Gasteiger partial charge is 0.444 e. The molecular formula is C27H18N2O5S2. The Labute approximate surface area is 212 Å². The molecular weight excluding hydrogens is 496 g/mol. The van der Waals surface area contributed by atoms with E-state index in [0.29, 0.717) is 21.8 Å². The Morgan fingerprint density at radius 3 is 2.92 bits per heavy atom. The van der Waals surface area contributed by atoms with E-state index in [9.17, 15) is 9.90 Å². The van der Waals surface area contributed by atoms with Crippen molar-refractivity contribution < 1.29 is 23.2 Å². The highest BCUT2D eigenvalue weighted by atomic mass is 32.2. The van der Waals surface area contributed by atoms with Crippen LogP contribution in [0.2, 0.25) is 0 Å². The molecule has 1 unspecified atom stereocenters. The zero-order valence-corrected chi connectivity index (χ0v) is 20.4. The van der Waals surface area contributed by atoms with E-state index in [2.05, 4.69) is 28.2 Å². The third kappa shape index (κ3) is 3.45. The van der Waals surface area contributed by atoms with Crippen molar-refractivity contribution in [1.82, 2.24) is 4.98 Å². The number of carbonyl (C=O) groups excluding carboxylic acids is 1. The summed E-state index contributed by atoms with van der Waals surface area (Å²) in [7, 11) is -0.624. The highest BCUT2D eigenvalue weighted by Crippen LogP contribution is 2.69. The number of amides is 1. The van der Waals surface area contributed by atoms with Crippen molar-refractivity contribution in [1.29, 1.82) is 0 Å². The number of aliphatic hydroxyl groups excluding tert-OH is 1. The Balaban J connectivity index is 1.16. The van der Waals surface area contributed by atoms with Crippen LogP contribution in [0, 0.1) is 17.3 Å². The lowest BCUT2D eigenvalue weighted by Gasteiger charge is -2.35. The third-order valence-corrected chi connectivity index (χ3v) is 9.42. The van der Waals surface area contributed by atoms with Gasteiger partial charge in [-0.2, -0.15) is 0 Å². The number of thiophene rings is 1. The van der Waals surface area contributed by atoms with E-state index >= 15 is 0 Å². The van der Waals surface area contributed by atoms with E-state index in [4.69, 9.17) is 13.3 Å². The summed E-state index contributed by atoms with van der Waals surface area (Å²) in [5, 5.41) is 15.0. The van der Waals surface area contributed by atoms with Gasteiger partial charge < -0.3 is 18.4 Å². The first-order valence-corrected chi connectivity index (χ1v) is 13.3. The second kappa shape index (κ2) is 8.10. The van der Waals surface area contributed by atoms with E-state index in [1.54, 1.807) is 18.3 Å². The predicted molar refractivity (Wildman–Crippen MR) is 140 cm³/mol. The van der Waals surface area contributed by atoms with Crippen LogP contribution >= 0.6 is 22.1 Å². The van der Waals surface area contributed by atoms with Crippen molar-refractivity contribution in [3.05, 3.63) is 81.4 Å². The first kappa shape index (κ1) is 21.4. The van der Waals surface area contributed by atoms with Gasteiger partial charge in [0.05, 0.1) is 26.4 Å². The average Bonchev–Trinajstić information content (AvgIpc) is 3.55. The van der Waals surface area contributed by atoms with Crippen molar-refractivity contribution in [2.24, 2.45) is 5.41 Å². The SMILES string of the molecule is O=C(Nc1c(C#Cc2cc3c(s2)OS2=C(O)C4(CC4)C2=C3)oc2ncccc12)OCc1ccccc1. The predicted octanol–water partition coefficient (Wildman–Crippen LogP) is 6.44. The molecule has 3 aromatic heterocycles. The summed E-state index contributed by atoms with van der Waals surface area (Å²) in [5.41, 5.74) is 2.54. The Hall–Kier alpha value is -3.84. The fourth-order valence-corrected chi connectivity index (χ4v) is 7.43. The third-order valence-electron chi connectivity index (χ3n) is 6.38. The van der Waals surface area contributed by atoms with E-state index in [0.717, 1.165) is 33.9 Å². The highest BCUT2D eigenvalue weighted by molar-refractivity contribution is 8.17. The molecule has 1 amide bonds. The maximum Gasteiger partial charge on any atom is 0.412 e. The number of nitrogens with one attached hydrogen (secondary N) is 1. The van der Waals surface area contributed by atoms with E-state index in [-0.39, 0.29) is 17.8 Å². The normalized spacial score (nSPS) is 18.2. The van der Waals surface area contributed by atoms with Gasteiger partial charge in [0.2, 0.25) is 11.5 Å². The first-order valence-electron chi connectivity index (χ1n) is 11.3. The molecule has 1 atom stereocenters. The number of rotatable bonds is 3. The lowest BCUT2D eigenvalue weighted by atomic mass is 10.1. The van der Waals surface area contributed by atoms with Gasteiger partial charge in [-0.05, 0) is 54.5 Å². The Kier molecular flexibility index (Phi) is 4.82.